The Hall–Kier alpha value is -3.96. The Morgan fingerprint density at radius 2 is 1.82 bits per heavy atom. The summed E-state index contributed by atoms with van der Waals surface area (Å²) >= 11 is 0. The van der Waals surface area contributed by atoms with Crippen molar-refractivity contribution in [2.75, 3.05) is 31.1 Å². The van der Waals surface area contributed by atoms with E-state index in [-0.39, 0.29) is 0 Å². The molecule has 0 spiro atoms. The van der Waals surface area contributed by atoms with Gasteiger partial charge in [0.05, 0.1) is 16.6 Å². The molecule has 1 aliphatic heterocycles. The molecule has 0 atom stereocenters. The van der Waals surface area contributed by atoms with Gasteiger partial charge in [-0.05, 0) is 49.2 Å². The summed E-state index contributed by atoms with van der Waals surface area (Å²) in [5, 5.41) is 31.4. The number of phenols is 1. The molecule has 7 nitrogen and oxygen atoms in total. The molecule has 0 amide bonds. The van der Waals surface area contributed by atoms with Crippen LogP contribution in [-0.4, -0.2) is 46.5 Å². The number of fused-ring (bicyclic) bond motifs is 1. The number of nitrogens with zero attached hydrogens (tertiary/aromatic N) is 4. The Morgan fingerprint density at radius 1 is 1.09 bits per heavy atom. The lowest BCUT2D eigenvalue weighted by Crippen LogP contribution is -2.43. The number of pyridine rings is 1. The first-order valence-electron chi connectivity index (χ1n) is 10.8. The van der Waals surface area contributed by atoms with Gasteiger partial charge in [0.2, 0.25) is 0 Å². The lowest BCUT2D eigenvalue weighted by molar-refractivity contribution is 0.429. The van der Waals surface area contributed by atoms with Crippen molar-refractivity contribution in [3.8, 4) is 34.2 Å². The Morgan fingerprint density at radius 3 is 2.48 bits per heavy atom. The topological polar surface area (TPSA) is 101 Å². The van der Waals surface area contributed by atoms with Gasteiger partial charge in [-0.2, -0.15) is 10.4 Å². The number of phenolic OH excluding ortho intramolecular Hbond substituents is 1. The van der Waals surface area contributed by atoms with Crippen molar-refractivity contribution in [2.45, 2.75) is 13.8 Å². The number of H-pyrrole nitrogens is 1. The molecule has 1 fully saturated rings. The number of hydrogen-bond donors (Lipinski definition) is 3. The van der Waals surface area contributed by atoms with Crippen molar-refractivity contribution in [3.63, 3.8) is 0 Å². The van der Waals surface area contributed by atoms with E-state index in [2.05, 4.69) is 43.6 Å². The number of benzene rings is 2. The van der Waals surface area contributed by atoms with Gasteiger partial charge in [-0.3, -0.25) is 5.10 Å². The van der Waals surface area contributed by atoms with Crippen molar-refractivity contribution in [2.24, 2.45) is 0 Å². The van der Waals surface area contributed by atoms with Crippen LogP contribution in [0.3, 0.4) is 0 Å². The molecule has 33 heavy (non-hydrogen) atoms. The van der Waals surface area contributed by atoms with Crippen LogP contribution in [-0.2, 0) is 0 Å². The molecule has 0 unspecified atom stereocenters. The van der Waals surface area contributed by atoms with Gasteiger partial charge < -0.3 is 15.3 Å². The molecule has 2 aromatic heterocycles. The van der Waals surface area contributed by atoms with Crippen molar-refractivity contribution in [1.82, 2.24) is 20.5 Å². The van der Waals surface area contributed by atoms with Crippen LogP contribution >= 0.6 is 0 Å². The van der Waals surface area contributed by atoms with Gasteiger partial charge in [0.25, 0.3) is 0 Å². The quantitative estimate of drug-likeness (QED) is 0.443. The van der Waals surface area contributed by atoms with E-state index in [9.17, 15) is 14.8 Å². The summed E-state index contributed by atoms with van der Waals surface area (Å²) in [6.45, 7) is 7.29. The van der Waals surface area contributed by atoms with Crippen molar-refractivity contribution < 1.29 is 9.50 Å². The van der Waals surface area contributed by atoms with E-state index in [0.29, 0.717) is 33.6 Å². The summed E-state index contributed by atoms with van der Waals surface area (Å²) in [5.74, 6) is -1.16. The Balaban J connectivity index is 1.71. The highest BCUT2D eigenvalue weighted by atomic mass is 19.1. The first-order chi connectivity index (χ1) is 16.0. The lowest BCUT2D eigenvalue weighted by Gasteiger charge is -2.29. The SMILES string of the molecule is Cc1cc(-c2nc3n[nH]c(C)c3c(-c3ccc(N4CCNCC4)cc3)c2C#N)cc(F)c1O. The zero-order valence-electron chi connectivity index (χ0n) is 18.4. The molecular formula is C25H23FN6O. The number of nitrogens with one attached hydrogen (secondary N) is 2. The fourth-order valence-electron chi connectivity index (χ4n) is 4.44. The van der Waals surface area contributed by atoms with E-state index >= 15 is 0 Å². The van der Waals surface area contributed by atoms with Gasteiger partial charge in [0.15, 0.2) is 17.2 Å². The molecule has 0 saturated carbocycles. The molecule has 2 aromatic carbocycles. The minimum absolute atomic E-state index is 0.333. The van der Waals surface area contributed by atoms with E-state index in [0.717, 1.165) is 48.5 Å². The lowest BCUT2D eigenvalue weighted by atomic mass is 9.92. The largest absolute Gasteiger partial charge is 0.505 e. The molecule has 4 aromatic rings. The van der Waals surface area contributed by atoms with Gasteiger partial charge in [-0.25, -0.2) is 9.37 Å². The zero-order chi connectivity index (χ0) is 23.1. The first-order valence-corrected chi connectivity index (χ1v) is 10.8. The number of aromatic nitrogens is 3. The highest BCUT2D eigenvalue weighted by Gasteiger charge is 2.22. The summed E-state index contributed by atoms with van der Waals surface area (Å²) in [6.07, 6.45) is 0. The number of anilines is 1. The van der Waals surface area contributed by atoms with E-state index in [1.54, 1.807) is 13.0 Å². The highest BCUT2D eigenvalue weighted by Crippen LogP contribution is 2.39. The number of nitriles is 1. The Kier molecular flexibility index (Phi) is 5.19. The summed E-state index contributed by atoms with van der Waals surface area (Å²) in [6, 6.07) is 13.3. The third-order valence-corrected chi connectivity index (χ3v) is 6.16. The van der Waals surface area contributed by atoms with Gasteiger partial charge in [0, 0.05) is 48.7 Å². The van der Waals surface area contributed by atoms with Crippen molar-refractivity contribution in [3.05, 3.63) is 59.0 Å². The molecule has 0 aliphatic carbocycles. The molecule has 3 heterocycles. The fraction of sp³-hybridized carbons (Fsp3) is 0.240. The number of aromatic hydroxyl groups is 1. The van der Waals surface area contributed by atoms with Crippen LogP contribution in [0.2, 0.25) is 0 Å². The van der Waals surface area contributed by atoms with Gasteiger partial charge in [0.1, 0.15) is 6.07 Å². The van der Waals surface area contributed by atoms with Crippen LogP contribution in [0.15, 0.2) is 36.4 Å². The molecular weight excluding hydrogens is 419 g/mol. The van der Waals surface area contributed by atoms with Crippen LogP contribution in [0.4, 0.5) is 10.1 Å². The maximum atomic E-state index is 14.3. The zero-order valence-corrected chi connectivity index (χ0v) is 18.4. The number of aromatic amines is 1. The fourth-order valence-corrected chi connectivity index (χ4v) is 4.44. The van der Waals surface area contributed by atoms with Crippen LogP contribution < -0.4 is 10.2 Å². The number of piperazine rings is 1. The smallest absolute Gasteiger partial charge is 0.182 e. The Labute approximate surface area is 190 Å². The third kappa shape index (κ3) is 3.56. The van der Waals surface area contributed by atoms with E-state index in [4.69, 9.17) is 0 Å². The maximum Gasteiger partial charge on any atom is 0.182 e. The van der Waals surface area contributed by atoms with Gasteiger partial charge in [-0.1, -0.05) is 12.1 Å². The summed E-state index contributed by atoms with van der Waals surface area (Å²) in [7, 11) is 0. The predicted octanol–water partition coefficient (Wildman–Crippen LogP) is 4.03. The summed E-state index contributed by atoms with van der Waals surface area (Å²) in [4.78, 5) is 6.92. The maximum absolute atomic E-state index is 14.3. The number of hydrogen-bond acceptors (Lipinski definition) is 6. The minimum atomic E-state index is -0.754. The normalized spacial score (nSPS) is 13.9. The third-order valence-electron chi connectivity index (χ3n) is 6.16. The predicted molar refractivity (Wildman–Crippen MR) is 126 cm³/mol. The van der Waals surface area contributed by atoms with Crippen molar-refractivity contribution in [1.29, 1.82) is 5.26 Å². The molecule has 166 valence electrons. The van der Waals surface area contributed by atoms with Crippen LogP contribution in [0, 0.1) is 31.0 Å². The molecule has 0 radical (unpaired) electrons. The molecule has 1 saturated heterocycles. The number of aryl methyl sites for hydroxylation is 2. The van der Waals surface area contributed by atoms with Crippen LogP contribution in [0.25, 0.3) is 33.4 Å². The standard InChI is InChI=1S/C25H23FN6O/c1-14-11-17(12-20(26)24(14)33)23-19(13-27)22(21-15(2)30-31-25(21)29-23)16-3-5-18(6-4-16)32-9-7-28-8-10-32/h3-6,11-12,28,33H,7-10H2,1-2H3,(H,29,30,31). The Bertz CT molecular complexity index is 1370. The minimum Gasteiger partial charge on any atom is -0.505 e. The van der Waals surface area contributed by atoms with E-state index in [1.165, 1.54) is 6.07 Å². The molecule has 5 rings (SSSR count). The van der Waals surface area contributed by atoms with Crippen LogP contribution in [0.5, 0.6) is 5.75 Å². The monoisotopic (exact) mass is 442 g/mol. The highest BCUT2D eigenvalue weighted by molar-refractivity contribution is 6.01. The van der Waals surface area contributed by atoms with Gasteiger partial charge >= 0.3 is 0 Å². The average molecular weight is 442 g/mol. The molecule has 0 bridgehead atoms. The van der Waals surface area contributed by atoms with Crippen molar-refractivity contribution >= 4 is 16.7 Å². The average Bonchev–Trinajstić information content (AvgIpc) is 3.22. The first kappa shape index (κ1) is 20.9. The van der Waals surface area contributed by atoms with Crippen LogP contribution in [0.1, 0.15) is 16.8 Å². The van der Waals surface area contributed by atoms with E-state index < -0.39 is 11.6 Å². The molecule has 3 N–H and O–H groups in total. The van der Waals surface area contributed by atoms with E-state index in [1.807, 2.05) is 19.1 Å². The molecule has 1 aliphatic rings. The summed E-state index contributed by atoms with van der Waals surface area (Å²) < 4.78 is 14.3. The number of halogens is 1. The number of rotatable bonds is 3. The second kappa shape index (κ2) is 8.19. The van der Waals surface area contributed by atoms with Gasteiger partial charge in [-0.15, -0.1) is 0 Å². The second-order valence-electron chi connectivity index (χ2n) is 8.28. The molecule has 8 heteroatoms. The summed E-state index contributed by atoms with van der Waals surface area (Å²) in [5.41, 5.74) is 5.41. The second-order valence-corrected chi connectivity index (χ2v) is 8.28.